The molecule has 0 aliphatic heterocycles. The minimum Gasteiger partial charge on any atom is -0.442 e. The zero-order valence-electron chi connectivity index (χ0n) is 9.86. The third-order valence-electron chi connectivity index (χ3n) is 2.27. The Kier molecular flexibility index (Phi) is 3.51. The zero-order valence-corrected chi connectivity index (χ0v) is 10.7. The Morgan fingerprint density at radius 3 is 2.88 bits per heavy atom. The van der Waals surface area contributed by atoms with Crippen molar-refractivity contribution >= 4 is 22.9 Å². The van der Waals surface area contributed by atoms with Crippen molar-refractivity contribution in [3.05, 3.63) is 29.7 Å². The summed E-state index contributed by atoms with van der Waals surface area (Å²) in [6.07, 6.45) is 3.95. The quantitative estimate of drug-likeness (QED) is 0.816. The third-order valence-corrected chi connectivity index (χ3v) is 2.84. The second-order valence-corrected chi connectivity index (χ2v) is 4.99. The molecule has 2 aromatic heterocycles. The van der Waals surface area contributed by atoms with Gasteiger partial charge in [0.1, 0.15) is 5.76 Å². The predicted octanol–water partition coefficient (Wildman–Crippen LogP) is 2.75. The third kappa shape index (κ3) is 2.57. The van der Waals surface area contributed by atoms with E-state index in [4.69, 9.17) is 4.42 Å². The van der Waals surface area contributed by atoms with Gasteiger partial charge in [-0.05, 0) is 38.0 Å². The van der Waals surface area contributed by atoms with Gasteiger partial charge in [-0.15, -0.1) is 0 Å². The van der Waals surface area contributed by atoms with Crippen LogP contribution in [0.1, 0.15) is 11.3 Å². The molecule has 0 N–H and O–H groups in total. The summed E-state index contributed by atoms with van der Waals surface area (Å²) in [6, 6.07) is 4.23. The van der Waals surface area contributed by atoms with Crippen molar-refractivity contribution in [2.75, 3.05) is 20.4 Å². The van der Waals surface area contributed by atoms with Gasteiger partial charge < -0.3 is 9.32 Å². The largest absolute Gasteiger partial charge is 0.442 e. The number of pyridine rings is 1. The first-order valence-electron chi connectivity index (χ1n) is 5.20. The fraction of sp³-hybridized carbons (Fsp3) is 0.417. The van der Waals surface area contributed by atoms with E-state index in [1.54, 1.807) is 11.8 Å². The minimum atomic E-state index is 0.742. The second-order valence-electron chi connectivity index (χ2n) is 4.12. The van der Waals surface area contributed by atoms with E-state index in [1.807, 2.05) is 6.20 Å². The summed E-state index contributed by atoms with van der Waals surface area (Å²) in [6.45, 7) is 0.909. The number of fused-ring (bicyclic) bond motifs is 1. The average Bonchev–Trinajstić information content (AvgIpc) is 2.59. The summed E-state index contributed by atoms with van der Waals surface area (Å²) in [5.41, 5.74) is 1.96. The van der Waals surface area contributed by atoms with Gasteiger partial charge >= 0.3 is 0 Å². The van der Waals surface area contributed by atoms with Gasteiger partial charge in [0.05, 0.1) is 5.75 Å². The van der Waals surface area contributed by atoms with Crippen molar-refractivity contribution in [3.8, 4) is 0 Å². The summed E-state index contributed by atoms with van der Waals surface area (Å²) < 4.78 is 5.62. The van der Waals surface area contributed by atoms with Crippen molar-refractivity contribution in [3.63, 3.8) is 0 Å². The molecule has 4 heteroatoms. The molecule has 0 unspecified atom stereocenters. The Morgan fingerprint density at radius 2 is 2.19 bits per heavy atom. The smallest absolute Gasteiger partial charge is 0.226 e. The summed E-state index contributed by atoms with van der Waals surface area (Å²) in [7, 11) is 4.11. The molecule has 0 fully saturated rings. The average molecular weight is 236 g/mol. The van der Waals surface area contributed by atoms with Gasteiger partial charge in [-0.25, -0.2) is 4.98 Å². The second kappa shape index (κ2) is 4.89. The fourth-order valence-corrected chi connectivity index (χ4v) is 2.12. The van der Waals surface area contributed by atoms with Crippen LogP contribution in [-0.2, 0) is 12.3 Å². The van der Waals surface area contributed by atoms with Crippen molar-refractivity contribution in [2.45, 2.75) is 12.3 Å². The normalized spacial score (nSPS) is 11.5. The Balaban J connectivity index is 2.30. The minimum absolute atomic E-state index is 0.742. The molecule has 0 amide bonds. The molecule has 0 saturated carbocycles. The topological polar surface area (TPSA) is 29.3 Å². The molecule has 0 spiro atoms. The molecular weight excluding hydrogens is 220 g/mol. The van der Waals surface area contributed by atoms with Gasteiger partial charge in [-0.3, -0.25) is 0 Å². The first-order chi connectivity index (χ1) is 7.69. The van der Waals surface area contributed by atoms with Crippen LogP contribution >= 0.6 is 11.8 Å². The Hall–Kier alpha value is -1.00. The van der Waals surface area contributed by atoms with E-state index in [0.717, 1.165) is 29.2 Å². The van der Waals surface area contributed by atoms with Crippen LogP contribution < -0.4 is 0 Å². The van der Waals surface area contributed by atoms with Crippen molar-refractivity contribution in [2.24, 2.45) is 0 Å². The highest BCUT2D eigenvalue weighted by Crippen LogP contribution is 2.21. The first-order valence-corrected chi connectivity index (χ1v) is 6.59. The van der Waals surface area contributed by atoms with Gasteiger partial charge in [-0.1, -0.05) is 0 Å². The van der Waals surface area contributed by atoms with Crippen LogP contribution in [0.15, 0.2) is 22.7 Å². The predicted molar refractivity (Wildman–Crippen MR) is 68.6 cm³/mol. The number of hydrogen-bond donors (Lipinski definition) is 0. The molecule has 0 aliphatic carbocycles. The lowest BCUT2D eigenvalue weighted by molar-refractivity contribution is 0.402. The van der Waals surface area contributed by atoms with Crippen LogP contribution in [0.25, 0.3) is 11.1 Å². The van der Waals surface area contributed by atoms with Crippen molar-refractivity contribution in [1.82, 2.24) is 9.88 Å². The SMILES string of the molecule is CSCc1cc2cc(CN(C)C)cnc2o1. The molecule has 2 aromatic rings. The molecule has 0 radical (unpaired) electrons. The lowest BCUT2D eigenvalue weighted by Crippen LogP contribution is -2.10. The Bertz CT molecular complexity index is 479. The van der Waals surface area contributed by atoms with Gasteiger partial charge in [0, 0.05) is 18.1 Å². The molecule has 0 aliphatic rings. The molecule has 3 nitrogen and oxygen atoms in total. The monoisotopic (exact) mass is 236 g/mol. The zero-order chi connectivity index (χ0) is 11.5. The van der Waals surface area contributed by atoms with Crippen LogP contribution in [0.5, 0.6) is 0 Å². The van der Waals surface area contributed by atoms with E-state index in [-0.39, 0.29) is 0 Å². The van der Waals surface area contributed by atoms with E-state index >= 15 is 0 Å². The summed E-state index contributed by atoms with van der Waals surface area (Å²) in [5, 5.41) is 1.10. The number of furan rings is 1. The molecule has 0 atom stereocenters. The van der Waals surface area contributed by atoms with Gasteiger partial charge in [0.25, 0.3) is 0 Å². The van der Waals surface area contributed by atoms with Crippen LogP contribution in [-0.4, -0.2) is 30.2 Å². The Labute approximate surface area is 99.8 Å². The Morgan fingerprint density at radius 1 is 1.38 bits per heavy atom. The van der Waals surface area contributed by atoms with Crippen LogP contribution in [0, 0.1) is 0 Å². The highest BCUT2D eigenvalue weighted by Gasteiger charge is 2.05. The molecule has 2 rings (SSSR count). The van der Waals surface area contributed by atoms with E-state index < -0.39 is 0 Å². The van der Waals surface area contributed by atoms with Crippen molar-refractivity contribution in [1.29, 1.82) is 0 Å². The molecule has 86 valence electrons. The molecule has 2 heterocycles. The van der Waals surface area contributed by atoms with Crippen molar-refractivity contribution < 1.29 is 4.42 Å². The number of nitrogens with zero attached hydrogens (tertiary/aromatic N) is 2. The molecule has 16 heavy (non-hydrogen) atoms. The maximum atomic E-state index is 5.62. The van der Waals surface area contributed by atoms with E-state index in [9.17, 15) is 0 Å². The van der Waals surface area contributed by atoms with Crippen LogP contribution in [0.3, 0.4) is 0 Å². The summed E-state index contributed by atoms with van der Waals surface area (Å²) >= 11 is 1.76. The van der Waals surface area contributed by atoms with E-state index in [2.05, 4.69) is 42.4 Å². The summed E-state index contributed by atoms with van der Waals surface area (Å²) in [5.74, 6) is 1.90. The van der Waals surface area contributed by atoms with Gasteiger partial charge in [0.2, 0.25) is 5.71 Å². The maximum Gasteiger partial charge on any atom is 0.226 e. The first kappa shape index (κ1) is 11.5. The number of thioether (sulfide) groups is 1. The highest BCUT2D eigenvalue weighted by atomic mass is 32.2. The van der Waals surface area contributed by atoms with E-state index in [0.29, 0.717) is 0 Å². The lowest BCUT2D eigenvalue weighted by atomic mass is 10.2. The van der Waals surface area contributed by atoms with E-state index in [1.165, 1.54) is 5.56 Å². The summed E-state index contributed by atoms with van der Waals surface area (Å²) in [4.78, 5) is 6.47. The fourth-order valence-electron chi connectivity index (χ4n) is 1.70. The standard InChI is InChI=1S/C12H16N2OS/c1-14(2)7-9-4-10-5-11(8-16-3)15-12(10)13-6-9/h4-6H,7-8H2,1-3H3. The molecule has 0 saturated heterocycles. The molecule has 0 aromatic carbocycles. The molecular formula is C12H16N2OS. The number of aromatic nitrogens is 1. The number of hydrogen-bond acceptors (Lipinski definition) is 4. The highest BCUT2D eigenvalue weighted by molar-refractivity contribution is 7.97. The van der Waals surface area contributed by atoms with Gasteiger partial charge in [0.15, 0.2) is 0 Å². The maximum absolute atomic E-state index is 5.62. The molecule has 0 bridgehead atoms. The number of rotatable bonds is 4. The van der Waals surface area contributed by atoms with Gasteiger partial charge in [-0.2, -0.15) is 11.8 Å². The van der Waals surface area contributed by atoms with Crippen LogP contribution in [0.4, 0.5) is 0 Å². The van der Waals surface area contributed by atoms with Crippen LogP contribution in [0.2, 0.25) is 0 Å². The lowest BCUT2D eigenvalue weighted by Gasteiger charge is -2.08.